The minimum Gasteiger partial charge on any atom is -0.494 e. The minimum atomic E-state index is -0.418. The summed E-state index contributed by atoms with van der Waals surface area (Å²) in [6, 6.07) is 14.1. The molecule has 28 heavy (non-hydrogen) atoms. The summed E-state index contributed by atoms with van der Waals surface area (Å²) < 4.78 is 10.8. The van der Waals surface area contributed by atoms with Crippen LogP contribution in [0.1, 0.15) is 36.2 Å². The van der Waals surface area contributed by atoms with Gasteiger partial charge in [-0.25, -0.2) is 5.43 Å². The highest BCUT2D eigenvalue weighted by Gasteiger charge is 2.07. The lowest BCUT2D eigenvalue weighted by Gasteiger charge is -2.07. The van der Waals surface area contributed by atoms with Crippen LogP contribution in [0.4, 0.5) is 0 Å². The van der Waals surface area contributed by atoms with Gasteiger partial charge in [-0.2, -0.15) is 5.10 Å². The molecule has 0 heterocycles. The summed E-state index contributed by atoms with van der Waals surface area (Å²) in [5.74, 6) is 0.724. The molecule has 0 fully saturated rings. The van der Waals surface area contributed by atoms with Crippen LogP contribution in [-0.2, 0) is 4.79 Å². The highest BCUT2D eigenvalue weighted by molar-refractivity contribution is 5.96. The van der Waals surface area contributed by atoms with E-state index in [1.54, 1.807) is 24.3 Å². The van der Waals surface area contributed by atoms with Gasteiger partial charge in [0.25, 0.3) is 11.8 Å². The number of hydrazone groups is 1. The molecule has 0 atom stereocenters. The van der Waals surface area contributed by atoms with Crippen molar-refractivity contribution in [2.45, 2.75) is 20.3 Å². The maximum Gasteiger partial charge on any atom is 0.259 e. The average Bonchev–Trinajstić information content (AvgIpc) is 2.72. The van der Waals surface area contributed by atoms with Gasteiger partial charge in [0.2, 0.25) is 0 Å². The highest BCUT2D eigenvalue weighted by atomic mass is 16.5. The number of benzene rings is 2. The molecule has 0 radical (unpaired) electrons. The van der Waals surface area contributed by atoms with Crippen molar-refractivity contribution in [3.05, 3.63) is 59.7 Å². The molecule has 0 spiro atoms. The molecule has 0 saturated carbocycles. The Hall–Kier alpha value is -3.35. The lowest BCUT2D eigenvalue weighted by atomic mass is 10.2. The van der Waals surface area contributed by atoms with Crippen molar-refractivity contribution in [2.75, 3.05) is 19.8 Å². The number of carbonyl (C=O) groups excluding carboxylic acids is 2. The van der Waals surface area contributed by atoms with Gasteiger partial charge in [-0.1, -0.05) is 6.92 Å². The number of nitrogens with one attached hydrogen (secondary N) is 2. The molecule has 0 aliphatic rings. The Bertz CT molecular complexity index is 786. The van der Waals surface area contributed by atoms with Gasteiger partial charge < -0.3 is 14.8 Å². The van der Waals surface area contributed by atoms with Gasteiger partial charge in [-0.3, -0.25) is 9.59 Å². The quantitative estimate of drug-likeness (QED) is 0.488. The average molecular weight is 383 g/mol. The molecule has 148 valence electrons. The molecule has 2 aromatic rings. The minimum absolute atomic E-state index is 0.173. The lowest BCUT2D eigenvalue weighted by Crippen LogP contribution is -2.34. The van der Waals surface area contributed by atoms with Gasteiger partial charge in [0.05, 0.1) is 26.0 Å². The first-order valence-corrected chi connectivity index (χ1v) is 9.18. The Morgan fingerprint density at radius 3 is 2.25 bits per heavy atom. The fourth-order valence-corrected chi connectivity index (χ4v) is 2.22. The first kappa shape index (κ1) is 21.0. The SMILES string of the molecule is CCCOc1ccc(C(=O)NCC(=O)NN=Cc2ccc(OCC)cc2)cc1. The molecule has 2 amide bonds. The number of amides is 2. The van der Waals surface area contributed by atoms with E-state index in [4.69, 9.17) is 9.47 Å². The molecule has 7 nitrogen and oxygen atoms in total. The standard InChI is InChI=1S/C21H25N3O4/c1-3-13-28-19-11-7-17(8-12-19)21(26)22-15-20(25)24-23-14-16-5-9-18(10-6-16)27-4-2/h5-12,14H,3-4,13,15H2,1-2H3,(H,22,26)(H,24,25). The predicted molar refractivity (Wildman–Crippen MR) is 108 cm³/mol. The van der Waals surface area contributed by atoms with E-state index < -0.39 is 5.91 Å². The van der Waals surface area contributed by atoms with Crippen molar-refractivity contribution in [3.8, 4) is 11.5 Å². The van der Waals surface area contributed by atoms with E-state index in [0.29, 0.717) is 24.5 Å². The van der Waals surface area contributed by atoms with E-state index >= 15 is 0 Å². The summed E-state index contributed by atoms with van der Waals surface area (Å²) in [4.78, 5) is 23.9. The van der Waals surface area contributed by atoms with Crippen molar-refractivity contribution in [3.63, 3.8) is 0 Å². The van der Waals surface area contributed by atoms with E-state index in [1.165, 1.54) is 6.21 Å². The van der Waals surface area contributed by atoms with Crippen LogP contribution in [-0.4, -0.2) is 37.8 Å². The Labute approximate surface area is 164 Å². The molecule has 2 N–H and O–H groups in total. The third-order valence-electron chi connectivity index (χ3n) is 3.59. The third kappa shape index (κ3) is 7.11. The lowest BCUT2D eigenvalue weighted by molar-refractivity contribution is -0.120. The van der Waals surface area contributed by atoms with E-state index in [-0.39, 0.29) is 12.5 Å². The van der Waals surface area contributed by atoms with E-state index in [1.807, 2.05) is 38.1 Å². The normalized spacial score (nSPS) is 10.5. The Morgan fingerprint density at radius 1 is 0.964 bits per heavy atom. The van der Waals surface area contributed by atoms with Crippen LogP contribution in [0.5, 0.6) is 11.5 Å². The molecule has 7 heteroatoms. The summed E-state index contributed by atoms with van der Waals surface area (Å²) in [5.41, 5.74) is 3.65. The fourth-order valence-electron chi connectivity index (χ4n) is 2.22. The summed E-state index contributed by atoms with van der Waals surface area (Å²) in [5, 5.41) is 6.42. The van der Waals surface area contributed by atoms with Gasteiger partial charge in [0.1, 0.15) is 11.5 Å². The molecule has 0 aliphatic heterocycles. The summed E-state index contributed by atoms with van der Waals surface area (Å²) in [7, 11) is 0. The van der Waals surface area contributed by atoms with Gasteiger partial charge in [-0.05, 0) is 67.4 Å². The molecular weight excluding hydrogens is 358 g/mol. The zero-order chi connectivity index (χ0) is 20.2. The second-order valence-corrected chi connectivity index (χ2v) is 5.85. The second-order valence-electron chi connectivity index (χ2n) is 5.85. The highest BCUT2D eigenvalue weighted by Crippen LogP contribution is 2.12. The third-order valence-corrected chi connectivity index (χ3v) is 3.59. The topological polar surface area (TPSA) is 89.0 Å². The zero-order valence-electron chi connectivity index (χ0n) is 16.1. The van der Waals surface area contributed by atoms with Crippen molar-refractivity contribution in [1.82, 2.24) is 10.7 Å². The molecule has 0 unspecified atom stereocenters. The smallest absolute Gasteiger partial charge is 0.259 e. The van der Waals surface area contributed by atoms with Crippen LogP contribution >= 0.6 is 0 Å². The first-order valence-electron chi connectivity index (χ1n) is 9.18. The number of ether oxygens (including phenoxy) is 2. The molecule has 2 rings (SSSR count). The van der Waals surface area contributed by atoms with Crippen LogP contribution in [0, 0.1) is 0 Å². The van der Waals surface area contributed by atoms with Crippen molar-refractivity contribution >= 4 is 18.0 Å². The summed E-state index contributed by atoms with van der Waals surface area (Å²) in [6.07, 6.45) is 2.43. The maximum absolute atomic E-state index is 12.1. The number of rotatable bonds is 10. The van der Waals surface area contributed by atoms with Gasteiger partial charge in [0.15, 0.2) is 0 Å². The molecule has 0 aliphatic carbocycles. The number of hydrogen-bond acceptors (Lipinski definition) is 5. The van der Waals surface area contributed by atoms with E-state index in [9.17, 15) is 9.59 Å². The largest absolute Gasteiger partial charge is 0.494 e. The van der Waals surface area contributed by atoms with Gasteiger partial charge in [-0.15, -0.1) is 0 Å². The van der Waals surface area contributed by atoms with Crippen LogP contribution in [0.25, 0.3) is 0 Å². The van der Waals surface area contributed by atoms with Crippen LogP contribution < -0.4 is 20.2 Å². The Kier molecular flexibility index (Phi) is 8.52. The molecule has 0 bridgehead atoms. The van der Waals surface area contributed by atoms with Crippen molar-refractivity contribution < 1.29 is 19.1 Å². The fraction of sp³-hybridized carbons (Fsp3) is 0.286. The Morgan fingerprint density at radius 2 is 1.61 bits per heavy atom. The van der Waals surface area contributed by atoms with Crippen molar-refractivity contribution in [1.29, 1.82) is 0 Å². The number of nitrogens with zero attached hydrogens (tertiary/aromatic N) is 1. The van der Waals surface area contributed by atoms with E-state index in [0.717, 1.165) is 17.7 Å². The first-order chi connectivity index (χ1) is 13.6. The summed E-state index contributed by atoms with van der Waals surface area (Å²) >= 11 is 0. The molecular formula is C21H25N3O4. The van der Waals surface area contributed by atoms with Crippen molar-refractivity contribution in [2.24, 2.45) is 5.10 Å². The van der Waals surface area contributed by atoms with E-state index in [2.05, 4.69) is 15.8 Å². The second kappa shape index (κ2) is 11.4. The van der Waals surface area contributed by atoms with Crippen LogP contribution in [0.15, 0.2) is 53.6 Å². The number of carbonyl (C=O) groups is 2. The molecule has 2 aromatic carbocycles. The zero-order valence-corrected chi connectivity index (χ0v) is 16.1. The molecule has 0 aromatic heterocycles. The van der Waals surface area contributed by atoms with Crippen LogP contribution in [0.2, 0.25) is 0 Å². The van der Waals surface area contributed by atoms with Crippen LogP contribution in [0.3, 0.4) is 0 Å². The molecule has 0 saturated heterocycles. The Balaban J connectivity index is 1.74. The maximum atomic E-state index is 12.1. The predicted octanol–water partition coefficient (Wildman–Crippen LogP) is 2.75. The summed E-state index contributed by atoms with van der Waals surface area (Å²) in [6.45, 7) is 5.00. The number of hydrogen-bond donors (Lipinski definition) is 2. The van der Waals surface area contributed by atoms with Gasteiger partial charge >= 0.3 is 0 Å². The van der Waals surface area contributed by atoms with Gasteiger partial charge in [0, 0.05) is 5.56 Å². The monoisotopic (exact) mass is 383 g/mol.